The molecule has 2 amide bonds. The number of carbonyl (C=O) groups excluding carboxylic acids is 2. The Bertz CT molecular complexity index is 403. The first-order chi connectivity index (χ1) is 8.06. The summed E-state index contributed by atoms with van der Waals surface area (Å²) in [5, 5.41) is 5.38. The van der Waals surface area contributed by atoms with Gasteiger partial charge >= 0.3 is 0 Å². The molecule has 0 spiro atoms. The molecule has 0 saturated carbocycles. The fourth-order valence-corrected chi connectivity index (χ4v) is 1.95. The molecule has 5 nitrogen and oxygen atoms in total. The average molecular weight is 255 g/mol. The van der Waals surface area contributed by atoms with Crippen molar-refractivity contribution in [3.63, 3.8) is 0 Å². The first-order valence-electron chi connectivity index (χ1n) is 5.55. The lowest BCUT2D eigenvalue weighted by Crippen LogP contribution is -2.44. The molecule has 94 valence electrons. The molecule has 17 heavy (non-hydrogen) atoms. The van der Waals surface area contributed by atoms with Gasteiger partial charge in [0.1, 0.15) is 10.9 Å². The van der Waals surface area contributed by atoms with Gasteiger partial charge in [-0.3, -0.25) is 9.59 Å². The maximum absolute atomic E-state index is 11.8. The van der Waals surface area contributed by atoms with Gasteiger partial charge in [0.2, 0.25) is 5.91 Å². The SMILES string of the molecule is CCCNC(=O)C(C)NC(=O)c1scnc1C. The van der Waals surface area contributed by atoms with Gasteiger partial charge in [-0.1, -0.05) is 6.92 Å². The van der Waals surface area contributed by atoms with Gasteiger partial charge in [0.05, 0.1) is 11.2 Å². The van der Waals surface area contributed by atoms with Gasteiger partial charge < -0.3 is 10.6 Å². The van der Waals surface area contributed by atoms with Crippen LogP contribution in [0.5, 0.6) is 0 Å². The molecule has 1 rings (SSSR count). The summed E-state index contributed by atoms with van der Waals surface area (Å²) in [6.07, 6.45) is 0.875. The van der Waals surface area contributed by atoms with Crippen LogP contribution in [0.3, 0.4) is 0 Å². The van der Waals surface area contributed by atoms with Crippen LogP contribution >= 0.6 is 11.3 Å². The molecule has 0 radical (unpaired) electrons. The molecular weight excluding hydrogens is 238 g/mol. The van der Waals surface area contributed by atoms with Crippen LogP contribution in [0.15, 0.2) is 5.51 Å². The molecule has 0 bridgehead atoms. The second kappa shape index (κ2) is 6.34. The van der Waals surface area contributed by atoms with Crippen molar-refractivity contribution in [1.29, 1.82) is 0 Å². The molecule has 0 aliphatic rings. The zero-order chi connectivity index (χ0) is 12.8. The first kappa shape index (κ1) is 13.6. The van der Waals surface area contributed by atoms with Crippen LogP contribution in [0.1, 0.15) is 35.6 Å². The maximum atomic E-state index is 11.8. The Morgan fingerprint density at radius 2 is 2.24 bits per heavy atom. The van der Waals surface area contributed by atoms with E-state index in [1.165, 1.54) is 11.3 Å². The number of nitrogens with one attached hydrogen (secondary N) is 2. The molecule has 0 aliphatic heterocycles. The standard InChI is InChI=1S/C11H17N3O2S/c1-4-5-12-10(15)8(3)14-11(16)9-7(2)13-6-17-9/h6,8H,4-5H2,1-3H3,(H,12,15)(H,14,16). The van der Waals surface area contributed by atoms with Crippen LogP contribution in [0.4, 0.5) is 0 Å². The van der Waals surface area contributed by atoms with E-state index in [1.54, 1.807) is 19.4 Å². The minimum Gasteiger partial charge on any atom is -0.354 e. The van der Waals surface area contributed by atoms with Gasteiger partial charge in [-0.05, 0) is 20.3 Å². The number of aromatic nitrogens is 1. The zero-order valence-electron chi connectivity index (χ0n) is 10.2. The maximum Gasteiger partial charge on any atom is 0.263 e. The van der Waals surface area contributed by atoms with E-state index in [-0.39, 0.29) is 11.8 Å². The van der Waals surface area contributed by atoms with Crippen LogP contribution in [0.2, 0.25) is 0 Å². The van der Waals surface area contributed by atoms with E-state index in [0.717, 1.165) is 6.42 Å². The molecule has 0 aliphatic carbocycles. The van der Waals surface area contributed by atoms with Crippen molar-refractivity contribution < 1.29 is 9.59 Å². The molecule has 6 heteroatoms. The van der Waals surface area contributed by atoms with Crippen LogP contribution < -0.4 is 10.6 Å². The summed E-state index contributed by atoms with van der Waals surface area (Å²) in [4.78, 5) is 27.9. The largest absolute Gasteiger partial charge is 0.354 e. The van der Waals surface area contributed by atoms with Crippen molar-refractivity contribution >= 4 is 23.2 Å². The van der Waals surface area contributed by atoms with Crippen molar-refractivity contribution in [2.75, 3.05) is 6.54 Å². The van der Waals surface area contributed by atoms with E-state index >= 15 is 0 Å². The summed E-state index contributed by atoms with van der Waals surface area (Å²) in [6.45, 7) is 6.04. The highest BCUT2D eigenvalue weighted by atomic mass is 32.1. The van der Waals surface area contributed by atoms with Gasteiger partial charge in [-0.2, -0.15) is 0 Å². The highest BCUT2D eigenvalue weighted by Crippen LogP contribution is 2.11. The second-order valence-corrected chi connectivity index (χ2v) is 4.61. The van der Waals surface area contributed by atoms with Gasteiger partial charge in [-0.15, -0.1) is 11.3 Å². The molecule has 1 aromatic heterocycles. The second-order valence-electron chi connectivity index (χ2n) is 3.75. The summed E-state index contributed by atoms with van der Waals surface area (Å²) < 4.78 is 0. The fourth-order valence-electron chi connectivity index (χ4n) is 1.25. The quantitative estimate of drug-likeness (QED) is 0.827. The van der Waals surface area contributed by atoms with Crippen LogP contribution in [0.25, 0.3) is 0 Å². The third-order valence-electron chi connectivity index (χ3n) is 2.24. The molecule has 0 fully saturated rings. The van der Waals surface area contributed by atoms with E-state index in [4.69, 9.17) is 0 Å². The lowest BCUT2D eigenvalue weighted by molar-refractivity contribution is -0.122. The topological polar surface area (TPSA) is 71.1 Å². The minimum absolute atomic E-state index is 0.164. The predicted molar refractivity (Wildman–Crippen MR) is 67.1 cm³/mol. The fraction of sp³-hybridized carbons (Fsp3) is 0.545. The Morgan fingerprint density at radius 1 is 1.53 bits per heavy atom. The van der Waals surface area contributed by atoms with E-state index in [2.05, 4.69) is 15.6 Å². The normalized spacial score (nSPS) is 11.9. The highest BCUT2D eigenvalue weighted by molar-refractivity contribution is 7.11. The number of carbonyl (C=O) groups is 2. The number of hydrogen-bond donors (Lipinski definition) is 2. The zero-order valence-corrected chi connectivity index (χ0v) is 11.1. The van der Waals surface area contributed by atoms with Crippen molar-refractivity contribution in [3.8, 4) is 0 Å². The van der Waals surface area contributed by atoms with Crippen molar-refractivity contribution in [3.05, 3.63) is 16.1 Å². The number of aryl methyl sites for hydroxylation is 1. The lowest BCUT2D eigenvalue weighted by atomic mass is 10.3. The third-order valence-corrected chi connectivity index (χ3v) is 3.17. The first-order valence-corrected chi connectivity index (χ1v) is 6.42. The minimum atomic E-state index is -0.532. The van der Waals surface area contributed by atoms with Crippen LogP contribution in [-0.4, -0.2) is 29.4 Å². The van der Waals surface area contributed by atoms with Crippen LogP contribution in [-0.2, 0) is 4.79 Å². The van der Waals surface area contributed by atoms with Crippen LogP contribution in [0, 0.1) is 6.92 Å². The third kappa shape index (κ3) is 3.81. The monoisotopic (exact) mass is 255 g/mol. The molecule has 0 aromatic carbocycles. The summed E-state index contributed by atoms with van der Waals surface area (Å²) >= 11 is 1.27. The number of thiazole rings is 1. The highest BCUT2D eigenvalue weighted by Gasteiger charge is 2.18. The Kier molecular flexibility index (Phi) is 5.09. The lowest BCUT2D eigenvalue weighted by Gasteiger charge is -2.13. The number of amides is 2. The van der Waals surface area contributed by atoms with Crippen molar-refractivity contribution in [1.82, 2.24) is 15.6 Å². The Balaban J connectivity index is 2.51. The van der Waals surface area contributed by atoms with E-state index < -0.39 is 6.04 Å². The van der Waals surface area contributed by atoms with Crippen molar-refractivity contribution in [2.45, 2.75) is 33.2 Å². The Hall–Kier alpha value is -1.43. The van der Waals surface area contributed by atoms with Gasteiger partial charge in [0.15, 0.2) is 0 Å². The average Bonchev–Trinajstić information content (AvgIpc) is 2.72. The molecule has 1 heterocycles. The van der Waals surface area contributed by atoms with Gasteiger partial charge in [0, 0.05) is 6.54 Å². The Morgan fingerprint density at radius 3 is 2.76 bits per heavy atom. The van der Waals surface area contributed by atoms with E-state index in [0.29, 0.717) is 17.1 Å². The summed E-state index contributed by atoms with van der Waals surface area (Å²) in [7, 11) is 0. The predicted octanol–water partition coefficient (Wildman–Crippen LogP) is 1.10. The van der Waals surface area contributed by atoms with Gasteiger partial charge in [-0.25, -0.2) is 4.98 Å². The van der Waals surface area contributed by atoms with Crippen molar-refractivity contribution in [2.24, 2.45) is 0 Å². The number of nitrogens with zero attached hydrogens (tertiary/aromatic N) is 1. The summed E-state index contributed by atoms with van der Waals surface area (Å²) in [5.41, 5.74) is 2.31. The molecule has 2 N–H and O–H groups in total. The molecule has 1 unspecified atom stereocenters. The Labute approximate surface area is 105 Å². The molecular formula is C11H17N3O2S. The van der Waals surface area contributed by atoms with E-state index in [9.17, 15) is 9.59 Å². The summed E-state index contributed by atoms with van der Waals surface area (Å²) in [5.74, 6) is -0.411. The smallest absolute Gasteiger partial charge is 0.263 e. The molecule has 1 aromatic rings. The molecule has 0 saturated heterocycles. The van der Waals surface area contributed by atoms with E-state index in [1.807, 2.05) is 6.92 Å². The molecule has 1 atom stereocenters. The number of hydrogen-bond acceptors (Lipinski definition) is 4. The van der Waals surface area contributed by atoms with Gasteiger partial charge in [0.25, 0.3) is 5.91 Å². The number of rotatable bonds is 5. The summed E-state index contributed by atoms with van der Waals surface area (Å²) in [6, 6.07) is -0.532.